The van der Waals surface area contributed by atoms with Crippen molar-refractivity contribution in [2.45, 2.75) is 66.3 Å². The van der Waals surface area contributed by atoms with Crippen LogP contribution in [-0.2, 0) is 21.5 Å². The molecule has 1 aromatic rings. The summed E-state index contributed by atoms with van der Waals surface area (Å²) < 4.78 is 2.16. The van der Waals surface area contributed by atoms with Gasteiger partial charge in [0, 0.05) is 30.6 Å². The molecular weight excluding hydrogens is 338 g/mol. The smallest absolute Gasteiger partial charge is 0.271 e. The maximum atomic E-state index is 12.9. The Morgan fingerprint density at radius 2 is 1.85 bits per heavy atom. The third kappa shape index (κ3) is 4.05. The molecule has 2 rings (SSSR count). The van der Waals surface area contributed by atoms with Crippen molar-refractivity contribution in [1.29, 1.82) is 5.26 Å². The number of hydrogen-bond acceptors (Lipinski definition) is 3. The molecule has 1 aliphatic heterocycles. The summed E-state index contributed by atoms with van der Waals surface area (Å²) in [6.07, 6.45) is 6.09. The van der Waals surface area contributed by atoms with E-state index in [2.05, 4.69) is 44.5 Å². The van der Waals surface area contributed by atoms with E-state index in [1.165, 1.54) is 5.56 Å². The van der Waals surface area contributed by atoms with Gasteiger partial charge < -0.3 is 4.57 Å². The summed E-state index contributed by atoms with van der Waals surface area (Å²) in [4.78, 5) is 26.3. The van der Waals surface area contributed by atoms with E-state index >= 15 is 0 Å². The number of amides is 2. The van der Waals surface area contributed by atoms with E-state index in [0.717, 1.165) is 30.0 Å². The Balaban J connectivity index is 2.63. The number of likely N-dealkylation sites (N-methyl/N-ethyl adjacent to an activating group) is 1. The number of nitriles is 1. The van der Waals surface area contributed by atoms with Crippen molar-refractivity contribution in [3.05, 3.63) is 40.2 Å². The molecule has 5 heteroatoms. The number of aryl methyl sites for hydroxylation is 1. The maximum absolute atomic E-state index is 12.9. The van der Waals surface area contributed by atoms with Crippen LogP contribution in [0, 0.1) is 11.3 Å². The van der Waals surface area contributed by atoms with Gasteiger partial charge in [-0.15, -0.1) is 0 Å². The highest BCUT2D eigenvalue weighted by molar-refractivity contribution is 6.19. The van der Waals surface area contributed by atoms with E-state index in [9.17, 15) is 14.9 Å². The predicted octanol–water partition coefficient (Wildman–Crippen LogP) is 4.20. The normalized spacial score (nSPS) is 17.1. The topological polar surface area (TPSA) is 66.1 Å². The molecule has 1 aromatic heterocycles. The zero-order valence-corrected chi connectivity index (χ0v) is 17.2. The molecule has 144 valence electrons. The fourth-order valence-corrected chi connectivity index (χ4v) is 3.14. The van der Waals surface area contributed by atoms with Crippen LogP contribution in [0.3, 0.4) is 0 Å². The highest BCUT2D eigenvalue weighted by atomic mass is 16.2. The number of hydrogen-bond donors (Lipinski definition) is 0. The molecule has 2 amide bonds. The summed E-state index contributed by atoms with van der Waals surface area (Å²) in [6.45, 7) is 13.2. The predicted molar refractivity (Wildman–Crippen MR) is 107 cm³/mol. The Morgan fingerprint density at radius 1 is 1.19 bits per heavy atom. The van der Waals surface area contributed by atoms with Gasteiger partial charge in [0.25, 0.3) is 11.8 Å². The lowest BCUT2D eigenvalue weighted by molar-refractivity contribution is -0.140. The molecule has 27 heavy (non-hydrogen) atoms. The average molecular weight is 367 g/mol. The Kier molecular flexibility index (Phi) is 6.10. The van der Waals surface area contributed by atoms with Gasteiger partial charge in [0.1, 0.15) is 11.6 Å². The van der Waals surface area contributed by atoms with E-state index < -0.39 is 5.91 Å². The Morgan fingerprint density at radius 3 is 2.37 bits per heavy atom. The Labute approximate surface area is 162 Å². The van der Waals surface area contributed by atoms with Crippen molar-refractivity contribution in [1.82, 2.24) is 9.47 Å². The molecule has 0 atom stereocenters. The van der Waals surface area contributed by atoms with Crippen LogP contribution in [0.4, 0.5) is 0 Å². The van der Waals surface area contributed by atoms with Gasteiger partial charge >= 0.3 is 0 Å². The highest BCUT2D eigenvalue weighted by Crippen LogP contribution is 2.30. The number of aromatic nitrogens is 1. The molecule has 5 nitrogen and oxygen atoms in total. The lowest BCUT2D eigenvalue weighted by Gasteiger charge is -2.26. The number of carbonyl (C=O) groups excluding carboxylic acids is 2. The van der Waals surface area contributed by atoms with Gasteiger partial charge in [-0.05, 0) is 49.0 Å². The largest absolute Gasteiger partial charge is 0.348 e. The van der Waals surface area contributed by atoms with Gasteiger partial charge in [-0.25, -0.2) is 0 Å². The summed E-state index contributed by atoms with van der Waals surface area (Å²) in [5, 5.41) is 9.40. The molecule has 0 saturated carbocycles. The molecule has 2 heterocycles. The van der Waals surface area contributed by atoms with Gasteiger partial charge in [-0.3, -0.25) is 14.5 Å². The fraction of sp³-hybridized carbons (Fsp3) is 0.500. The zero-order valence-electron chi connectivity index (χ0n) is 17.2. The molecule has 0 unspecified atom stereocenters. The zero-order chi connectivity index (χ0) is 20.4. The first-order valence-electron chi connectivity index (χ1n) is 9.55. The van der Waals surface area contributed by atoms with Crippen LogP contribution in [0.1, 0.15) is 65.6 Å². The number of carbonyl (C=O) groups is 2. The fourth-order valence-electron chi connectivity index (χ4n) is 3.14. The van der Waals surface area contributed by atoms with Crippen LogP contribution < -0.4 is 0 Å². The van der Waals surface area contributed by atoms with Gasteiger partial charge in [-0.1, -0.05) is 34.1 Å². The van der Waals surface area contributed by atoms with Crippen LogP contribution in [0.25, 0.3) is 6.08 Å². The molecule has 0 saturated heterocycles. The number of rotatable bonds is 5. The Hall–Kier alpha value is -2.61. The van der Waals surface area contributed by atoms with Crippen molar-refractivity contribution < 1.29 is 9.59 Å². The van der Waals surface area contributed by atoms with E-state index in [-0.39, 0.29) is 23.4 Å². The molecule has 0 fully saturated rings. The van der Waals surface area contributed by atoms with Crippen molar-refractivity contribution in [3.8, 4) is 6.07 Å². The van der Waals surface area contributed by atoms with E-state index in [0.29, 0.717) is 11.1 Å². The van der Waals surface area contributed by atoms with Crippen molar-refractivity contribution in [2.24, 2.45) is 0 Å². The highest BCUT2D eigenvalue weighted by Gasteiger charge is 2.34. The first-order chi connectivity index (χ1) is 12.6. The van der Waals surface area contributed by atoms with Crippen LogP contribution in [0.5, 0.6) is 0 Å². The van der Waals surface area contributed by atoms with Crippen LogP contribution in [-0.4, -0.2) is 27.8 Å². The van der Waals surface area contributed by atoms with Crippen LogP contribution >= 0.6 is 0 Å². The third-order valence-electron chi connectivity index (χ3n) is 4.98. The SMILES string of the molecule is CCCCn1cc(C(C)(C)C)cc1/C=C1\C(=O)N(CC)C(=O)C(C#N)=C1C. The molecule has 0 N–H and O–H groups in total. The molecule has 0 spiro atoms. The molecule has 1 aliphatic rings. The van der Waals surface area contributed by atoms with Crippen LogP contribution in [0.2, 0.25) is 0 Å². The second kappa shape index (κ2) is 7.96. The molecule has 0 aromatic carbocycles. The standard InChI is InChI=1S/C22H29N3O2/c1-7-9-10-24-14-16(22(4,5)6)11-17(24)12-18-15(3)19(13-23)21(27)25(8-2)20(18)26/h11-12,14H,7-10H2,1-6H3/b18-12-. The first-order valence-corrected chi connectivity index (χ1v) is 9.55. The van der Waals surface area contributed by atoms with Gasteiger partial charge in [0.15, 0.2) is 0 Å². The lowest BCUT2D eigenvalue weighted by atomic mass is 9.89. The first kappa shape index (κ1) is 20.7. The summed E-state index contributed by atoms with van der Waals surface area (Å²) in [7, 11) is 0. The number of unbranched alkanes of at least 4 members (excludes halogenated alkanes) is 1. The molecule has 0 bridgehead atoms. The third-order valence-corrected chi connectivity index (χ3v) is 4.98. The summed E-state index contributed by atoms with van der Waals surface area (Å²) in [6, 6.07) is 4.07. The quantitative estimate of drug-likeness (QED) is 0.579. The van der Waals surface area contributed by atoms with Gasteiger partial charge in [0.05, 0.1) is 0 Å². The average Bonchev–Trinajstić information content (AvgIpc) is 3.01. The van der Waals surface area contributed by atoms with Crippen molar-refractivity contribution in [3.63, 3.8) is 0 Å². The van der Waals surface area contributed by atoms with Gasteiger partial charge in [0.2, 0.25) is 0 Å². The minimum Gasteiger partial charge on any atom is -0.348 e. The lowest BCUT2D eigenvalue weighted by Crippen LogP contribution is -2.42. The number of nitrogens with zero attached hydrogens (tertiary/aromatic N) is 3. The summed E-state index contributed by atoms with van der Waals surface area (Å²) >= 11 is 0. The summed E-state index contributed by atoms with van der Waals surface area (Å²) in [5.41, 5.74) is 3.04. The van der Waals surface area contributed by atoms with Crippen molar-refractivity contribution >= 4 is 17.9 Å². The second-order valence-electron chi connectivity index (χ2n) is 7.97. The molecule has 0 radical (unpaired) electrons. The molecule has 0 aliphatic carbocycles. The minimum atomic E-state index is -0.503. The van der Waals surface area contributed by atoms with Gasteiger partial charge in [-0.2, -0.15) is 5.26 Å². The van der Waals surface area contributed by atoms with E-state index in [4.69, 9.17) is 0 Å². The van der Waals surface area contributed by atoms with E-state index in [1.54, 1.807) is 13.8 Å². The van der Waals surface area contributed by atoms with E-state index in [1.807, 2.05) is 12.1 Å². The Bertz CT molecular complexity index is 857. The van der Waals surface area contributed by atoms with Crippen LogP contribution in [0.15, 0.2) is 29.0 Å². The monoisotopic (exact) mass is 367 g/mol. The number of imide groups is 1. The maximum Gasteiger partial charge on any atom is 0.271 e. The molecular formula is C22H29N3O2. The van der Waals surface area contributed by atoms with Crippen molar-refractivity contribution in [2.75, 3.05) is 6.54 Å². The minimum absolute atomic E-state index is 0.00455. The second-order valence-corrected chi connectivity index (χ2v) is 7.97. The summed E-state index contributed by atoms with van der Waals surface area (Å²) in [5.74, 6) is -0.837.